The van der Waals surface area contributed by atoms with Crippen molar-refractivity contribution in [1.29, 1.82) is 0 Å². The predicted molar refractivity (Wildman–Crippen MR) is 92.6 cm³/mol. The highest BCUT2D eigenvalue weighted by Gasteiger charge is 2.48. The maximum absolute atomic E-state index is 10.7. The quantitative estimate of drug-likeness (QED) is 0.666. The van der Waals surface area contributed by atoms with E-state index in [2.05, 4.69) is 58.9 Å². The van der Waals surface area contributed by atoms with Gasteiger partial charge in [0.05, 0.1) is 0 Å². The van der Waals surface area contributed by atoms with Gasteiger partial charge in [-0.25, -0.2) is 4.79 Å². The van der Waals surface area contributed by atoms with Crippen LogP contribution in [0.1, 0.15) is 57.7 Å². The molecule has 3 rings (SSSR count). The standard InChI is InChI=1S/C21H24O/c1-14-20(2,3)18-11-10-17(12-19(18)21(14,4)5)16-8-6-15(13-22)7-9-16/h6,8-12,14H,7H2,1-5H3. The number of rotatable bonds is 1. The zero-order chi connectivity index (χ0) is 16.1. The summed E-state index contributed by atoms with van der Waals surface area (Å²) in [6, 6.07) is 6.88. The molecule has 0 bridgehead atoms. The molecule has 0 aliphatic heterocycles. The number of hydrogen-bond donors (Lipinski definition) is 0. The van der Waals surface area contributed by atoms with E-state index in [-0.39, 0.29) is 10.8 Å². The Morgan fingerprint density at radius 1 is 1.05 bits per heavy atom. The molecule has 0 fully saturated rings. The highest BCUT2D eigenvalue weighted by Crippen LogP contribution is 2.53. The first kappa shape index (κ1) is 15.1. The van der Waals surface area contributed by atoms with Crippen molar-refractivity contribution in [2.24, 2.45) is 5.92 Å². The topological polar surface area (TPSA) is 17.1 Å². The molecule has 0 heterocycles. The third-order valence-electron chi connectivity index (χ3n) is 6.04. The van der Waals surface area contributed by atoms with Crippen molar-refractivity contribution in [2.45, 2.75) is 51.9 Å². The molecule has 2 aliphatic carbocycles. The zero-order valence-electron chi connectivity index (χ0n) is 14.2. The SMILES string of the molecule is CC1C(C)(C)c2ccc(C3=CCC(=C=O)C=C3)cc2C1(C)C. The van der Waals surface area contributed by atoms with Crippen LogP contribution in [0, 0.1) is 5.92 Å². The van der Waals surface area contributed by atoms with Crippen LogP contribution in [0.15, 0.2) is 42.0 Å². The van der Waals surface area contributed by atoms with Crippen molar-refractivity contribution < 1.29 is 4.79 Å². The van der Waals surface area contributed by atoms with Crippen LogP contribution in [0.5, 0.6) is 0 Å². The van der Waals surface area contributed by atoms with Gasteiger partial charge in [-0.05, 0) is 45.1 Å². The monoisotopic (exact) mass is 292 g/mol. The van der Waals surface area contributed by atoms with Gasteiger partial charge in [-0.15, -0.1) is 0 Å². The van der Waals surface area contributed by atoms with Crippen molar-refractivity contribution in [3.8, 4) is 0 Å². The summed E-state index contributed by atoms with van der Waals surface area (Å²) in [4.78, 5) is 10.7. The second-order valence-corrected chi connectivity index (χ2v) is 7.75. The zero-order valence-corrected chi connectivity index (χ0v) is 14.2. The normalized spacial score (nSPS) is 24.7. The van der Waals surface area contributed by atoms with Gasteiger partial charge in [-0.1, -0.05) is 65.0 Å². The number of hydrogen-bond acceptors (Lipinski definition) is 1. The van der Waals surface area contributed by atoms with E-state index in [0.717, 1.165) is 5.57 Å². The molecule has 2 aliphatic rings. The van der Waals surface area contributed by atoms with E-state index in [1.807, 2.05) is 18.1 Å². The molecule has 0 spiro atoms. The molecule has 0 saturated heterocycles. The van der Waals surface area contributed by atoms with E-state index in [1.54, 1.807) is 0 Å². The average Bonchev–Trinajstić information content (AvgIpc) is 2.65. The molecule has 0 saturated carbocycles. The van der Waals surface area contributed by atoms with Gasteiger partial charge in [0.25, 0.3) is 0 Å². The summed E-state index contributed by atoms with van der Waals surface area (Å²) in [5.41, 5.74) is 6.51. The molecular formula is C21H24O. The largest absolute Gasteiger partial charge is 0.233 e. The smallest absolute Gasteiger partial charge is 0.128 e. The van der Waals surface area contributed by atoms with Crippen molar-refractivity contribution in [3.63, 3.8) is 0 Å². The second-order valence-electron chi connectivity index (χ2n) is 7.75. The minimum absolute atomic E-state index is 0.182. The fourth-order valence-corrected chi connectivity index (χ4v) is 4.02. The van der Waals surface area contributed by atoms with Crippen LogP contribution in [0.3, 0.4) is 0 Å². The van der Waals surface area contributed by atoms with Gasteiger partial charge in [-0.3, -0.25) is 0 Å². The Balaban J connectivity index is 2.07. The lowest BCUT2D eigenvalue weighted by molar-refractivity contribution is 0.264. The lowest BCUT2D eigenvalue weighted by Crippen LogP contribution is -2.30. The molecule has 1 heteroatoms. The minimum Gasteiger partial charge on any atom is -0.233 e. The van der Waals surface area contributed by atoms with Crippen LogP contribution in [-0.4, -0.2) is 5.94 Å². The predicted octanol–water partition coefficient (Wildman–Crippen LogP) is 4.99. The Morgan fingerprint density at radius 2 is 1.73 bits per heavy atom. The maximum atomic E-state index is 10.7. The third kappa shape index (κ3) is 2.04. The number of allylic oxidation sites excluding steroid dienone is 5. The third-order valence-corrected chi connectivity index (χ3v) is 6.04. The maximum Gasteiger partial charge on any atom is 0.128 e. The first-order valence-electron chi connectivity index (χ1n) is 8.06. The first-order valence-corrected chi connectivity index (χ1v) is 8.06. The van der Waals surface area contributed by atoms with Gasteiger partial charge in [0.15, 0.2) is 0 Å². The summed E-state index contributed by atoms with van der Waals surface area (Å²) in [6.45, 7) is 11.8. The summed E-state index contributed by atoms with van der Waals surface area (Å²) in [5.74, 6) is 2.59. The average molecular weight is 292 g/mol. The van der Waals surface area contributed by atoms with Gasteiger partial charge >= 0.3 is 0 Å². The fourth-order valence-electron chi connectivity index (χ4n) is 4.02. The molecule has 0 amide bonds. The molecular weight excluding hydrogens is 268 g/mol. The molecule has 1 aromatic rings. The van der Waals surface area contributed by atoms with E-state index in [1.165, 1.54) is 22.3 Å². The highest BCUT2D eigenvalue weighted by molar-refractivity contribution is 5.79. The van der Waals surface area contributed by atoms with E-state index < -0.39 is 0 Å². The van der Waals surface area contributed by atoms with Crippen molar-refractivity contribution in [3.05, 3.63) is 58.7 Å². The van der Waals surface area contributed by atoms with Crippen LogP contribution < -0.4 is 0 Å². The number of carbonyl (C=O) groups excluding carboxylic acids is 1. The van der Waals surface area contributed by atoms with E-state index in [4.69, 9.17) is 0 Å². The molecule has 1 nitrogen and oxygen atoms in total. The van der Waals surface area contributed by atoms with Gasteiger partial charge in [0.2, 0.25) is 0 Å². The minimum atomic E-state index is 0.182. The van der Waals surface area contributed by atoms with E-state index >= 15 is 0 Å². The Labute approximate surface area is 133 Å². The molecule has 0 aromatic heterocycles. The summed E-state index contributed by atoms with van der Waals surface area (Å²) >= 11 is 0. The van der Waals surface area contributed by atoms with Gasteiger partial charge in [0, 0.05) is 12.0 Å². The molecule has 0 N–H and O–H groups in total. The van der Waals surface area contributed by atoms with Crippen molar-refractivity contribution >= 4 is 11.5 Å². The van der Waals surface area contributed by atoms with Crippen LogP contribution in [0.25, 0.3) is 5.57 Å². The van der Waals surface area contributed by atoms with Gasteiger partial charge < -0.3 is 0 Å². The summed E-state index contributed by atoms with van der Waals surface area (Å²) in [6.07, 6.45) is 6.71. The summed E-state index contributed by atoms with van der Waals surface area (Å²) < 4.78 is 0. The van der Waals surface area contributed by atoms with Crippen molar-refractivity contribution in [2.75, 3.05) is 0 Å². The van der Waals surface area contributed by atoms with Gasteiger partial charge in [-0.2, -0.15) is 0 Å². The van der Waals surface area contributed by atoms with Crippen LogP contribution in [0.4, 0.5) is 0 Å². The molecule has 22 heavy (non-hydrogen) atoms. The molecule has 1 unspecified atom stereocenters. The van der Waals surface area contributed by atoms with Crippen LogP contribution in [-0.2, 0) is 15.6 Å². The Morgan fingerprint density at radius 3 is 2.32 bits per heavy atom. The fraction of sp³-hybridized carbons (Fsp3) is 0.429. The lowest BCUT2D eigenvalue weighted by Gasteiger charge is -2.32. The van der Waals surface area contributed by atoms with E-state index in [0.29, 0.717) is 12.3 Å². The molecule has 1 aromatic carbocycles. The Bertz CT molecular complexity index is 737. The lowest BCUT2D eigenvalue weighted by atomic mass is 9.71. The summed E-state index contributed by atoms with van der Waals surface area (Å²) in [5, 5.41) is 0. The van der Waals surface area contributed by atoms with Crippen LogP contribution in [0.2, 0.25) is 0 Å². The Kier molecular flexibility index (Phi) is 3.30. The van der Waals surface area contributed by atoms with Gasteiger partial charge in [0.1, 0.15) is 5.94 Å². The highest BCUT2D eigenvalue weighted by atomic mass is 16.1. The molecule has 114 valence electrons. The number of benzene rings is 1. The van der Waals surface area contributed by atoms with Crippen molar-refractivity contribution in [1.82, 2.24) is 0 Å². The number of fused-ring (bicyclic) bond motifs is 1. The van der Waals surface area contributed by atoms with E-state index in [9.17, 15) is 4.79 Å². The molecule has 0 radical (unpaired) electrons. The Hall–Kier alpha value is -1.85. The second kappa shape index (κ2) is 4.83. The molecule has 1 atom stereocenters. The van der Waals surface area contributed by atoms with Crippen LogP contribution >= 0.6 is 0 Å². The summed E-state index contributed by atoms with van der Waals surface area (Å²) in [7, 11) is 0. The first-order chi connectivity index (χ1) is 10.3.